The normalized spacial score (nSPS) is 10.3. The van der Waals surface area contributed by atoms with Crippen LogP contribution in [0.4, 0.5) is 4.39 Å². The Kier molecular flexibility index (Phi) is 2.64. The summed E-state index contributed by atoms with van der Waals surface area (Å²) >= 11 is 5.66. The van der Waals surface area contributed by atoms with Crippen LogP contribution in [0.2, 0.25) is 5.02 Å². The van der Waals surface area contributed by atoms with Crippen molar-refractivity contribution in [1.29, 1.82) is 0 Å². The molecule has 15 heavy (non-hydrogen) atoms. The molecular formula is C11H8ClFN2. The zero-order valence-electron chi connectivity index (χ0n) is 8.04. The minimum atomic E-state index is -0.374. The van der Waals surface area contributed by atoms with Crippen LogP contribution in [0.5, 0.6) is 0 Å². The van der Waals surface area contributed by atoms with Crippen molar-refractivity contribution in [3.63, 3.8) is 0 Å². The fraction of sp³-hybridized carbons (Fsp3) is 0.0909. The minimum Gasteiger partial charge on any atom is -0.242 e. The van der Waals surface area contributed by atoms with Crippen molar-refractivity contribution in [2.24, 2.45) is 0 Å². The van der Waals surface area contributed by atoms with Gasteiger partial charge < -0.3 is 0 Å². The maximum Gasteiger partial charge on any atom is 0.134 e. The Morgan fingerprint density at radius 3 is 2.67 bits per heavy atom. The van der Waals surface area contributed by atoms with E-state index < -0.39 is 0 Å². The Hall–Kier alpha value is -1.48. The maximum atomic E-state index is 13.5. The van der Waals surface area contributed by atoms with Gasteiger partial charge >= 0.3 is 0 Å². The first-order valence-electron chi connectivity index (χ1n) is 4.41. The molecule has 0 saturated heterocycles. The summed E-state index contributed by atoms with van der Waals surface area (Å²) in [5, 5.41) is 0.377. The number of aromatic nitrogens is 2. The molecule has 0 saturated carbocycles. The van der Waals surface area contributed by atoms with Crippen molar-refractivity contribution >= 4 is 11.6 Å². The van der Waals surface area contributed by atoms with Crippen LogP contribution in [0.1, 0.15) is 5.69 Å². The molecule has 0 amide bonds. The van der Waals surface area contributed by atoms with Gasteiger partial charge in [-0.2, -0.15) is 0 Å². The highest BCUT2D eigenvalue weighted by Crippen LogP contribution is 2.23. The molecule has 2 aromatic rings. The molecule has 0 aliphatic rings. The molecule has 0 aliphatic carbocycles. The molecule has 1 aromatic carbocycles. The minimum absolute atomic E-state index is 0.374. The first-order valence-corrected chi connectivity index (χ1v) is 4.78. The van der Waals surface area contributed by atoms with Gasteiger partial charge in [-0.25, -0.2) is 14.4 Å². The van der Waals surface area contributed by atoms with Gasteiger partial charge in [-0.3, -0.25) is 0 Å². The van der Waals surface area contributed by atoms with Gasteiger partial charge in [0.25, 0.3) is 0 Å². The third kappa shape index (κ3) is 2.13. The summed E-state index contributed by atoms with van der Waals surface area (Å²) in [6, 6.07) is 6.25. The number of rotatable bonds is 1. The van der Waals surface area contributed by atoms with Crippen LogP contribution in [0.25, 0.3) is 11.3 Å². The van der Waals surface area contributed by atoms with E-state index in [1.165, 1.54) is 12.4 Å². The molecule has 0 bridgehead atoms. The molecule has 0 aliphatic heterocycles. The Morgan fingerprint density at radius 2 is 2.00 bits per heavy atom. The van der Waals surface area contributed by atoms with Gasteiger partial charge in [-0.1, -0.05) is 11.6 Å². The topological polar surface area (TPSA) is 25.8 Å². The van der Waals surface area contributed by atoms with Crippen LogP contribution < -0.4 is 0 Å². The zero-order chi connectivity index (χ0) is 10.8. The summed E-state index contributed by atoms with van der Waals surface area (Å²) in [6.45, 7) is 1.83. The third-order valence-corrected chi connectivity index (χ3v) is 2.25. The molecule has 4 heteroatoms. The molecule has 2 nitrogen and oxygen atoms in total. The van der Waals surface area contributed by atoms with Gasteiger partial charge in [-0.05, 0) is 31.2 Å². The lowest BCUT2D eigenvalue weighted by Crippen LogP contribution is -1.90. The van der Waals surface area contributed by atoms with Crippen molar-refractivity contribution in [3.05, 3.63) is 47.1 Å². The van der Waals surface area contributed by atoms with E-state index in [0.29, 0.717) is 16.3 Å². The van der Waals surface area contributed by atoms with Gasteiger partial charge in [0.1, 0.15) is 12.1 Å². The van der Waals surface area contributed by atoms with Crippen LogP contribution in [0, 0.1) is 12.7 Å². The molecule has 0 spiro atoms. The summed E-state index contributed by atoms with van der Waals surface area (Å²) in [7, 11) is 0. The van der Waals surface area contributed by atoms with E-state index >= 15 is 0 Å². The SMILES string of the molecule is Cc1cc(-c2ccc(Cl)cc2F)ncn1. The summed E-state index contributed by atoms with van der Waals surface area (Å²) in [5.74, 6) is -0.374. The highest BCUT2D eigenvalue weighted by molar-refractivity contribution is 6.30. The fourth-order valence-corrected chi connectivity index (χ4v) is 1.46. The van der Waals surface area contributed by atoms with Crippen molar-refractivity contribution in [1.82, 2.24) is 9.97 Å². The second-order valence-electron chi connectivity index (χ2n) is 3.17. The Balaban J connectivity index is 2.54. The van der Waals surface area contributed by atoms with Gasteiger partial charge in [0.15, 0.2) is 0 Å². The number of hydrogen-bond donors (Lipinski definition) is 0. The Morgan fingerprint density at radius 1 is 1.20 bits per heavy atom. The first kappa shape index (κ1) is 10.1. The van der Waals surface area contributed by atoms with Crippen molar-refractivity contribution in [2.75, 3.05) is 0 Å². The average Bonchev–Trinajstić information content (AvgIpc) is 2.17. The first-order chi connectivity index (χ1) is 7.16. The smallest absolute Gasteiger partial charge is 0.134 e. The number of benzene rings is 1. The van der Waals surface area contributed by atoms with Crippen molar-refractivity contribution < 1.29 is 4.39 Å². The number of nitrogens with zero attached hydrogens (tertiary/aromatic N) is 2. The van der Waals surface area contributed by atoms with E-state index in [-0.39, 0.29) is 5.82 Å². The van der Waals surface area contributed by atoms with Crippen LogP contribution in [-0.4, -0.2) is 9.97 Å². The second-order valence-corrected chi connectivity index (χ2v) is 3.61. The monoisotopic (exact) mass is 222 g/mol. The molecule has 0 fully saturated rings. The van der Waals surface area contributed by atoms with E-state index in [1.807, 2.05) is 6.92 Å². The third-order valence-electron chi connectivity index (χ3n) is 2.01. The largest absolute Gasteiger partial charge is 0.242 e. The lowest BCUT2D eigenvalue weighted by atomic mass is 10.1. The van der Waals surface area contributed by atoms with Crippen molar-refractivity contribution in [3.8, 4) is 11.3 Å². The predicted molar refractivity (Wildman–Crippen MR) is 57.2 cm³/mol. The van der Waals surface area contributed by atoms with Gasteiger partial charge in [0.05, 0.1) is 5.69 Å². The number of aryl methyl sites for hydroxylation is 1. The predicted octanol–water partition coefficient (Wildman–Crippen LogP) is 3.24. The zero-order valence-corrected chi connectivity index (χ0v) is 8.79. The molecule has 0 unspecified atom stereocenters. The molecular weight excluding hydrogens is 215 g/mol. The number of halogens is 2. The lowest BCUT2D eigenvalue weighted by molar-refractivity contribution is 0.630. The highest BCUT2D eigenvalue weighted by atomic mass is 35.5. The Labute approximate surface area is 91.8 Å². The van der Waals surface area contributed by atoms with Gasteiger partial charge in [0.2, 0.25) is 0 Å². The maximum absolute atomic E-state index is 13.5. The quantitative estimate of drug-likeness (QED) is 0.740. The van der Waals surface area contributed by atoms with Crippen LogP contribution in [0.3, 0.4) is 0 Å². The summed E-state index contributed by atoms with van der Waals surface area (Å²) in [6.07, 6.45) is 1.42. The van der Waals surface area contributed by atoms with Crippen molar-refractivity contribution in [2.45, 2.75) is 6.92 Å². The second kappa shape index (κ2) is 3.95. The molecule has 2 rings (SSSR count). The van der Waals surface area contributed by atoms with Crippen LogP contribution in [-0.2, 0) is 0 Å². The van der Waals surface area contributed by atoms with E-state index in [0.717, 1.165) is 5.69 Å². The van der Waals surface area contributed by atoms with Crippen LogP contribution >= 0.6 is 11.6 Å². The summed E-state index contributed by atoms with van der Waals surface area (Å²) < 4.78 is 13.5. The average molecular weight is 223 g/mol. The molecule has 76 valence electrons. The summed E-state index contributed by atoms with van der Waals surface area (Å²) in [4.78, 5) is 7.96. The molecule has 0 atom stereocenters. The molecule has 0 radical (unpaired) electrons. The van der Waals surface area contributed by atoms with Gasteiger partial charge in [-0.15, -0.1) is 0 Å². The highest BCUT2D eigenvalue weighted by Gasteiger charge is 2.06. The lowest BCUT2D eigenvalue weighted by Gasteiger charge is -2.03. The van der Waals surface area contributed by atoms with E-state index in [2.05, 4.69) is 9.97 Å². The van der Waals surface area contributed by atoms with Crippen LogP contribution in [0.15, 0.2) is 30.6 Å². The standard InChI is InChI=1S/C11H8ClFN2/c1-7-4-11(15-6-14-7)9-3-2-8(12)5-10(9)13/h2-6H,1H3. The number of hydrogen-bond acceptors (Lipinski definition) is 2. The summed E-state index contributed by atoms with van der Waals surface area (Å²) in [5.41, 5.74) is 1.80. The molecule has 1 aromatic heterocycles. The van der Waals surface area contributed by atoms with E-state index in [9.17, 15) is 4.39 Å². The van der Waals surface area contributed by atoms with Gasteiger partial charge in [0, 0.05) is 16.3 Å². The molecule has 0 N–H and O–H groups in total. The molecule has 1 heterocycles. The van der Waals surface area contributed by atoms with E-state index in [1.54, 1.807) is 18.2 Å². The Bertz CT molecular complexity index is 500. The van der Waals surface area contributed by atoms with E-state index in [4.69, 9.17) is 11.6 Å². The fourth-order valence-electron chi connectivity index (χ4n) is 1.30.